The summed E-state index contributed by atoms with van der Waals surface area (Å²) in [5.74, 6) is 2.41. The normalized spacial score (nSPS) is 14.9. The zero-order chi connectivity index (χ0) is 18.5. The molecule has 2 N–H and O–H groups in total. The Kier molecular flexibility index (Phi) is 5.50. The first-order valence-electron chi connectivity index (χ1n) is 8.66. The summed E-state index contributed by atoms with van der Waals surface area (Å²) in [6.45, 7) is 2.48. The van der Waals surface area contributed by atoms with Gasteiger partial charge in [-0.05, 0) is 24.8 Å². The number of piperidine rings is 1. The van der Waals surface area contributed by atoms with E-state index in [1.165, 1.54) is 6.20 Å². The topological polar surface area (TPSA) is 97.5 Å². The number of ether oxygens (including phenoxy) is 1. The molecule has 0 aromatic carbocycles. The Morgan fingerprint density at radius 2 is 2.04 bits per heavy atom. The van der Waals surface area contributed by atoms with Crippen molar-refractivity contribution in [2.45, 2.75) is 12.8 Å². The molecule has 0 spiro atoms. The van der Waals surface area contributed by atoms with Crippen LogP contribution in [0.1, 0.15) is 23.3 Å². The van der Waals surface area contributed by atoms with Crippen molar-refractivity contribution < 1.29 is 9.53 Å². The largest absolute Gasteiger partial charge is 0.493 e. The highest BCUT2D eigenvalue weighted by molar-refractivity contribution is 5.91. The van der Waals surface area contributed by atoms with Gasteiger partial charge in [0.15, 0.2) is 0 Å². The maximum Gasteiger partial charge on any atom is 0.267 e. The number of carbonyl (C=O) groups excluding carboxylic acids is 1. The third-order valence-corrected chi connectivity index (χ3v) is 4.50. The maximum atomic E-state index is 11.2. The smallest absolute Gasteiger partial charge is 0.267 e. The van der Waals surface area contributed by atoms with E-state index in [2.05, 4.69) is 19.9 Å². The molecule has 2 aromatic rings. The predicted octanol–water partition coefficient (Wildman–Crippen LogP) is 1.33. The van der Waals surface area contributed by atoms with Gasteiger partial charge in [-0.15, -0.1) is 0 Å². The first-order valence-corrected chi connectivity index (χ1v) is 8.66. The van der Waals surface area contributed by atoms with Crippen LogP contribution in [-0.4, -0.2) is 54.7 Å². The first-order chi connectivity index (χ1) is 12.5. The summed E-state index contributed by atoms with van der Waals surface area (Å²) in [4.78, 5) is 28.0. The van der Waals surface area contributed by atoms with Crippen LogP contribution in [0, 0.1) is 5.92 Å². The molecule has 1 fully saturated rings. The van der Waals surface area contributed by atoms with Gasteiger partial charge in [-0.1, -0.05) is 0 Å². The molecule has 8 heteroatoms. The molecule has 26 heavy (non-hydrogen) atoms. The zero-order valence-electron chi connectivity index (χ0n) is 15.1. The lowest BCUT2D eigenvalue weighted by molar-refractivity contribution is 0.0995. The first kappa shape index (κ1) is 17.9. The Balaban J connectivity index is 1.52. The molecule has 1 amide bonds. The molecule has 1 saturated heterocycles. The van der Waals surface area contributed by atoms with Crippen LogP contribution in [-0.2, 0) is 0 Å². The molecule has 8 nitrogen and oxygen atoms in total. The van der Waals surface area contributed by atoms with Crippen LogP contribution in [0.2, 0.25) is 0 Å². The van der Waals surface area contributed by atoms with Gasteiger partial charge in [0.1, 0.15) is 29.4 Å². The van der Waals surface area contributed by atoms with Crippen LogP contribution in [0.25, 0.3) is 0 Å². The molecule has 3 heterocycles. The fourth-order valence-electron chi connectivity index (χ4n) is 2.93. The summed E-state index contributed by atoms with van der Waals surface area (Å²) < 4.78 is 5.83. The highest BCUT2D eigenvalue weighted by Crippen LogP contribution is 2.24. The second-order valence-corrected chi connectivity index (χ2v) is 6.61. The number of hydrogen-bond donors (Lipinski definition) is 1. The number of pyridine rings is 1. The third-order valence-electron chi connectivity index (χ3n) is 4.50. The molecular weight excluding hydrogens is 332 g/mol. The van der Waals surface area contributed by atoms with E-state index in [0.717, 1.165) is 37.6 Å². The molecule has 0 bridgehead atoms. The summed E-state index contributed by atoms with van der Waals surface area (Å²) in [5.41, 5.74) is 5.47. The third kappa shape index (κ3) is 4.38. The molecule has 2 aromatic heterocycles. The van der Waals surface area contributed by atoms with Crippen molar-refractivity contribution in [1.29, 1.82) is 0 Å². The average Bonchev–Trinajstić information content (AvgIpc) is 2.67. The number of nitrogens with zero attached hydrogens (tertiary/aromatic N) is 5. The summed E-state index contributed by atoms with van der Waals surface area (Å²) in [7, 11) is 3.94. The van der Waals surface area contributed by atoms with E-state index in [1.54, 1.807) is 18.5 Å². The van der Waals surface area contributed by atoms with Gasteiger partial charge in [0.2, 0.25) is 0 Å². The Bertz CT molecular complexity index is 759. The van der Waals surface area contributed by atoms with Gasteiger partial charge < -0.3 is 20.3 Å². The summed E-state index contributed by atoms with van der Waals surface area (Å²) in [6, 6.07) is 5.34. The maximum absolute atomic E-state index is 11.2. The van der Waals surface area contributed by atoms with Crippen LogP contribution in [0.4, 0.5) is 11.6 Å². The molecule has 0 unspecified atom stereocenters. The van der Waals surface area contributed by atoms with E-state index < -0.39 is 5.91 Å². The van der Waals surface area contributed by atoms with E-state index >= 15 is 0 Å². The van der Waals surface area contributed by atoms with Crippen molar-refractivity contribution in [3.05, 3.63) is 36.4 Å². The molecule has 0 saturated carbocycles. The fraction of sp³-hybridized carbons (Fsp3) is 0.444. The van der Waals surface area contributed by atoms with Crippen LogP contribution in [0.5, 0.6) is 5.75 Å². The molecule has 0 aliphatic carbocycles. The monoisotopic (exact) mass is 356 g/mol. The van der Waals surface area contributed by atoms with Crippen molar-refractivity contribution >= 4 is 17.5 Å². The van der Waals surface area contributed by atoms with Crippen LogP contribution in [0.15, 0.2) is 30.7 Å². The lowest BCUT2D eigenvalue weighted by atomic mass is 9.98. The minimum Gasteiger partial charge on any atom is -0.493 e. The number of aromatic nitrogens is 3. The lowest BCUT2D eigenvalue weighted by Crippen LogP contribution is -2.36. The van der Waals surface area contributed by atoms with E-state index in [0.29, 0.717) is 18.3 Å². The molecule has 0 radical (unpaired) electrons. The van der Waals surface area contributed by atoms with Gasteiger partial charge in [-0.3, -0.25) is 9.78 Å². The quantitative estimate of drug-likeness (QED) is 0.834. The minimum absolute atomic E-state index is 0.220. The summed E-state index contributed by atoms with van der Waals surface area (Å²) in [5, 5.41) is 0. The second-order valence-electron chi connectivity index (χ2n) is 6.61. The number of anilines is 2. The Hall–Kier alpha value is -2.90. The summed E-state index contributed by atoms with van der Waals surface area (Å²) in [6.07, 6.45) is 5.19. The summed E-state index contributed by atoms with van der Waals surface area (Å²) >= 11 is 0. The van der Waals surface area contributed by atoms with Gasteiger partial charge >= 0.3 is 0 Å². The number of carbonyl (C=O) groups is 1. The highest BCUT2D eigenvalue weighted by atomic mass is 16.5. The number of hydrogen-bond acceptors (Lipinski definition) is 7. The molecule has 138 valence electrons. The Morgan fingerprint density at radius 1 is 1.27 bits per heavy atom. The van der Waals surface area contributed by atoms with E-state index in [4.69, 9.17) is 10.5 Å². The lowest BCUT2D eigenvalue weighted by Gasteiger charge is -2.32. The zero-order valence-corrected chi connectivity index (χ0v) is 15.1. The Morgan fingerprint density at radius 3 is 2.73 bits per heavy atom. The average molecular weight is 356 g/mol. The molecule has 0 atom stereocenters. The van der Waals surface area contributed by atoms with Crippen LogP contribution in [0.3, 0.4) is 0 Å². The predicted molar refractivity (Wildman–Crippen MR) is 99.5 cm³/mol. The minimum atomic E-state index is -0.550. The number of nitrogens with two attached hydrogens (primary N) is 1. The van der Waals surface area contributed by atoms with E-state index in [-0.39, 0.29) is 5.69 Å². The van der Waals surface area contributed by atoms with Crippen molar-refractivity contribution in [3.63, 3.8) is 0 Å². The Labute approximate surface area is 153 Å². The van der Waals surface area contributed by atoms with Crippen LogP contribution >= 0.6 is 0 Å². The standard InChI is InChI=1S/C18H24N6O2/c1-23(2)16-10-17(22-12-21-16)24-7-4-13(5-8-24)11-26-14-3-6-20-15(9-14)18(19)25/h3,6,9-10,12-13H,4-5,7-8,11H2,1-2H3,(H2,19,25). The van der Waals surface area contributed by atoms with Gasteiger partial charge in [-0.25, -0.2) is 9.97 Å². The van der Waals surface area contributed by atoms with Gasteiger partial charge in [0, 0.05) is 45.5 Å². The van der Waals surface area contributed by atoms with Crippen molar-refractivity contribution in [2.24, 2.45) is 11.7 Å². The van der Waals surface area contributed by atoms with Crippen molar-refractivity contribution in [2.75, 3.05) is 43.6 Å². The van der Waals surface area contributed by atoms with Gasteiger partial charge in [0.25, 0.3) is 5.91 Å². The highest BCUT2D eigenvalue weighted by Gasteiger charge is 2.21. The molecular formula is C18H24N6O2. The van der Waals surface area contributed by atoms with E-state index in [9.17, 15) is 4.79 Å². The fourth-order valence-corrected chi connectivity index (χ4v) is 2.93. The molecule has 1 aliphatic rings. The van der Waals surface area contributed by atoms with Gasteiger partial charge in [0.05, 0.1) is 6.61 Å². The number of primary amides is 1. The van der Waals surface area contributed by atoms with Gasteiger partial charge in [-0.2, -0.15) is 0 Å². The number of amides is 1. The second kappa shape index (κ2) is 7.99. The number of rotatable bonds is 6. The SMILES string of the molecule is CN(C)c1cc(N2CCC(COc3ccnc(C(N)=O)c3)CC2)ncn1. The van der Waals surface area contributed by atoms with Crippen molar-refractivity contribution in [1.82, 2.24) is 15.0 Å². The van der Waals surface area contributed by atoms with E-state index in [1.807, 2.05) is 25.1 Å². The molecule has 3 rings (SSSR count). The van der Waals surface area contributed by atoms with Crippen LogP contribution < -0.4 is 20.3 Å². The molecule has 1 aliphatic heterocycles. The van der Waals surface area contributed by atoms with Crippen molar-refractivity contribution in [3.8, 4) is 5.75 Å².